The van der Waals surface area contributed by atoms with Crippen LogP contribution >= 0.6 is 0 Å². The van der Waals surface area contributed by atoms with Crippen LogP contribution in [0.2, 0.25) is 0 Å². The highest BCUT2D eigenvalue weighted by molar-refractivity contribution is 5.98. The Balaban J connectivity index is 2.49. The molecule has 0 aliphatic carbocycles. The van der Waals surface area contributed by atoms with Gasteiger partial charge in [-0.3, -0.25) is 47.9 Å². The summed E-state index contributed by atoms with van der Waals surface area (Å²) in [6.07, 6.45) is -12.7. The van der Waals surface area contributed by atoms with Gasteiger partial charge in [-0.25, -0.2) is 0 Å². The molecule has 0 spiro atoms. The average Bonchev–Trinajstić information content (AvgIpc) is 3.80. The molecule has 0 aromatic heterocycles. The molecule has 404 valence electrons. The van der Waals surface area contributed by atoms with E-state index >= 15 is 0 Å². The van der Waals surface area contributed by atoms with Gasteiger partial charge in [-0.05, 0) is 46.5 Å². The molecule has 2 aliphatic heterocycles. The fraction of sp³-hybridized carbons (Fsp3) is 0.762. The number of hydrogen-bond donors (Lipinski definition) is 16. The Bertz CT molecular complexity index is 1890. The Hall–Kier alpha value is -5.66. The molecule has 0 bridgehead atoms. The van der Waals surface area contributed by atoms with Crippen LogP contribution in [0.25, 0.3) is 0 Å². The number of rotatable bonds is 26. The molecule has 10 amide bonds. The van der Waals surface area contributed by atoms with E-state index < -0.39 is 182 Å². The minimum absolute atomic E-state index is 0.0204. The van der Waals surface area contributed by atoms with Crippen LogP contribution in [-0.4, -0.2) is 223 Å². The fourth-order valence-corrected chi connectivity index (χ4v) is 7.55. The molecule has 0 unspecified atom stereocenters. The van der Waals surface area contributed by atoms with E-state index in [-0.39, 0.29) is 25.8 Å². The fourth-order valence-electron chi connectivity index (χ4n) is 7.55. The lowest BCUT2D eigenvalue weighted by Gasteiger charge is -2.43. The predicted molar refractivity (Wildman–Crippen MR) is 242 cm³/mol. The van der Waals surface area contributed by atoms with Crippen molar-refractivity contribution < 1.29 is 93.2 Å². The molecule has 2 saturated heterocycles. The number of amides is 10. The Morgan fingerprint density at radius 1 is 0.704 bits per heavy atom. The first-order valence-corrected chi connectivity index (χ1v) is 23.0. The zero-order valence-corrected chi connectivity index (χ0v) is 40.8. The number of nitrogens with zero attached hydrogens (tertiary/aromatic N) is 1. The van der Waals surface area contributed by atoms with E-state index in [2.05, 4.69) is 42.5 Å². The Morgan fingerprint density at radius 2 is 1.25 bits per heavy atom. The highest BCUT2D eigenvalue weighted by Crippen LogP contribution is 2.25. The maximum atomic E-state index is 14.4. The minimum Gasteiger partial charge on any atom is -0.394 e. The van der Waals surface area contributed by atoms with Crippen LogP contribution in [0.4, 0.5) is 0 Å². The molecule has 0 radical (unpaired) electrons. The van der Waals surface area contributed by atoms with Crippen LogP contribution in [0.5, 0.6) is 0 Å². The lowest BCUT2D eigenvalue weighted by atomic mass is 9.96. The standard InChI is InChI=1S/C42H72N10O19/c1-9-16(2)27(38(66)46-23(14-53)36(64)49-28(17(3)55)35(43)63)48-37(65)24-11-10-12-52(24)41(69)30(19(5)57)50-40(68)31(51-39(67)29(18(4)56)47-26(60)13-44-21(7)58)20(6)70-42-32(45-22(8)59)34(62)33(61)25(15-54)71-42/h16-20,23-25,27-34,42,53-57,61-62H,9-15H2,1-8H3,(H2,43,63)(H,44,58)(H,45,59)(H,46,66)(H,47,60)(H,48,65)(H,49,64)(H,50,68)(H,51,67)/t16-,17+,18+,19+,20+,23-,24-,25+,27-,28-,29-,30-,31-,32+,33-,34+,42-/m0/s1. The van der Waals surface area contributed by atoms with Gasteiger partial charge in [0.05, 0.1) is 44.2 Å². The second-order valence-electron chi connectivity index (χ2n) is 17.6. The van der Waals surface area contributed by atoms with E-state index in [9.17, 15) is 83.7 Å². The maximum absolute atomic E-state index is 14.4. The number of aliphatic hydroxyl groups is 7. The van der Waals surface area contributed by atoms with E-state index in [1.807, 2.05) is 0 Å². The largest absolute Gasteiger partial charge is 0.394 e. The monoisotopic (exact) mass is 1020 g/mol. The summed E-state index contributed by atoms with van der Waals surface area (Å²) < 4.78 is 11.6. The van der Waals surface area contributed by atoms with Crippen LogP contribution in [0, 0.1) is 5.92 Å². The summed E-state index contributed by atoms with van der Waals surface area (Å²) in [7, 11) is 0. The number of nitrogens with two attached hydrogens (primary N) is 1. The van der Waals surface area contributed by atoms with Crippen molar-refractivity contribution in [3.63, 3.8) is 0 Å². The molecule has 0 aromatic carbocycles. The SMILES string of the molecule is CC[C@H](C)[C@H](NC(=O)[C@@H]1CCCN1C(=O)[C@@H](NC(=O)[C@@H](NC(=O)[C@@H](NC(=O)CNC(C)=O)[C@@H](C)O)[C@@H](C)O[C@H]1O[C@H](CO)[C@H](O)[C@H](O)[C@H]1NC(C)=O)[C@@H](C)O)C(=O)N[C@@H](CO)C(=O)N[C@H](C(N)=O)[C@@H](C)O. The first-order valence-electron chi connectivity index (χ1n) is 23.0. The molecule has 2 fully saturated rings. The molecule has 71 heavy (non-hydrogen) atoms. The van der Waals surface area contributed by atoms with Gasteiger partial charge in [-0.15, -0.1) is 0 Å². The summed E-state index contributed by atoms with van der Waals surface area (Å²) in [5.74, 6) is -10.4. The van der Waals surface area contributed by atoms with Crippen molar-refractivity contribution in [1.82, 2.24) is 47.4 Å². The van der Waals surface area contributed by atoms with E-state index in [1.54, 1.807) is 13.8 Å². The summed E-state index contributed by atoms with van der Waals surface area (Å²) in [5, 5.41) is 90.9. The molecule has 17 atom stereocenters. The van der Waals surface area contributed by atoms with Gasteiger partial charge in [0, 0.05) is 20.4 Å². The first-order chi connectivity index (χ1) is 33.1. The number of ether oxygens (including phenoxy) is 2. The van der Waals surface area contributed by atoms with Gasteiger partial charge in [-0.2, -0.15) is 0 Å². The lowest BCUT2D eigenvalue weighted by molar-refractivity contribution is -0.281. The number of hydrogen-bond acceptors (Lipinski definition) is 19. The molecular weight excluding hydrogens is 949 g/mol. The number of primary amides is 1. The Morgan fingerprint density at radius 3 is 1.76 bits per heavy atom. The van der Waals surface area contributed by atoms with Crippen molar-refractivity contribution >= 4 is 59.1 Å². The van der Waals surface area contributed by atoms with Gasteiger partial charge in [0.15, 0.2) is 6.29 Å². The smallest absolute Gasteiger partial charge is 0.248 e. The third-order valence-corrected chi connectivity index (χ3v) is 11.8. The Kier molecular flexibility index (Phi) is 24.6. The third-order valence-electron chi connectivity index (χ3n) is 11.8. The molecule has 2 rings (SSSR count). The molecule has 2 aliphatic rings. The molecule has 17 N–H and O–H groups in total. The van der Waals surface area contributed by atoms with E-state index in [0.29, 0.717) is 0 Å². The molecule has 29 nitrogen and oxygen atoms in total. The topological polar surface area (TPSA) is 456 Å². The van der Waals surface area contributed by atoms with Crippen molar-refractivity contribution in [2.75, 3.05) is 26.3 Å². The zero-order valence-electron chi connectivity index (χ0n) is 40.8. The summed E-state index contributed by atoms with van der Waals surface area (Å²) in [6, 6.07) is -13.2. The summed E-state index contributed by atoms with van der Waals surface area (Å²) >= 11 is 0. The van der Waals surface area contributed by atoms with Crippen LogP contribution in [0.3, 0.4) is 0 Å². The van der Waals surface area contributed by atoms with E-state index in [1.165, 1.54) is 13.8 Å². The van der Waals surface area contributed by atoms with Crippen LogP contribution < -0.4 is 48.3 Å². The Labute approximate surface area is 409 Å². The van der Waals surface area contributed by atoms with Gasteiger partial charge < -0.3 is 98.4 Å². The minimum atomic E-state index is -1.98. The summed E-state index contributed by atoms with van der Waals surface area (Å²) in [5.41, 5.74) is 5.24. The molecule has 29 heteroatoms. The average molecular weight is 1020 g/mol. The van der Waals surface area contributed by atoms with Gasteiger partial charge in [0.1, 0.15) is 66.6 Å². The number of likely N-dealkylation sites (tertiary alicyclic amines) is 1. The molecule has 2 heterocycles. The number of aliphatic hydroxyl groups excluding tert-OH is 7. The molecular formula is C42H72N10O19. The van der Waals surface area contributed by atoms with Crippen molar-refractivity contribution in [2.45, 2.75) is 172 Å². The van der Waals surface area contributed by atoms with Crippen LogP contribution in [0.15, 0.2) is 0 Å². The maximum Gasteiger partial charge on any atom is 0.248 e. The first kappa shape index (κ1) is 61.5. The third kappa shape index (κ3) is 17.6. The number of carbonyl (C=O) groups excluding carboxylic acids is 10. The highest BCUT2D eigenvalue weighted by Gasteiger charge is 2.48. The summed E-state index contributed by atoms with van der Waals surface area (Å²) in [4.78, 5) is 132. The molecule has 0 saturated carbocycles. The van der Waals surface area contributed by atoms with Crippen molar-refractivity contribution in [3.05, 3.63) is 0 Å². The predicted octanol–water partition coefficient (Wildman–Crippen LogP) is -8.96. The van der Waals surface area contributed by atoms with Gasteiger partial charge in [0.25, 0.3) is 0 Å². The van der Waals surface area contributed by atoms with Crippen molar-refractivity contribution in [2.24, 2.45) is 11.7 Å². The van der Waals surface area contributed by atoms with E-state index in [0.717, 1.165) is 32.6 Å². The van der Waals surface area contributed by atoms with E-state index in [4.69, 9.17) is 15.2 Å². The quantitative estimate of drug-likeness (QED) is 0.0383. The van der Waals surface area contributed by atoms with Crippen molar-refractivity contribution in [3.8, 4) is 0 Å². The number of nitrogens with one attached hydrogen (secondary N) is 8. The van der Waals surface area contributed by atoms with Gasteiger partial charge in [-0.1, -0.05) is 20.3 Å². The summed E-state index contributed by atoms with van der Waals surface area (Å²) in [6.45, 7) is 7.50. The highest BCUT2D eigenvalue weighted by atomic mass is 16.7. The lowest BCUT2D eigenvalue weighted by Crippen LogP contribution is -2.67. The van der Waals surface area contributed by atoms with Gasteiger partial charge >= 0.3 is 0 Å². The second-order valence-corrected chi connectivity index (χ2v) is 17.6. The second kappa shape index (κ2) is 28.4. The van der Waals surface area contributed by atoms with Gasteiger partial charge in [0.2, 0.25) is 59.1 Å². The van der Waals surface area contributed by atoms with Crippen LogP contribution in [-0.2, 0) is 57.4 Å². The van der Waals surface area contributed by atoms with Crippen molar-refractivity contribution in [1.29, 1.82) is 0 Å². The zero-order chi connectivity index (χ0) is 54.2. The number of carbonyl (C=O) groups is 10. The molecule has 0 aromatic rings. The van der Waals surface area contributed by atoms with Crippen LogP contribution in [0.1, 0.15) is 74.7 Å². The normalized spacial score (nSPS) is 24.6.